The van der Waals surface area contributed by atoms with Crippen molar-refractivity contribution >= 4 is 80.3 Å². The van der Waals surface area contributed by atoms with Crippen molar-refractivity contribution in [3.05, 3.63) is 229 Å². The molecule has 2 fully saturated rings. The maximum Gasteiger partial charge on any atom is 0.0455 e. The number of benzene rings is 10. The molecule has 10 aromatic carbocycles. The molecule has 2 aliphatic rings. The zero-order valence-corrected chi connectivity index (χ0v) is 35.6. The van der Waals surface area contributed by atoms with Crippen LogP contribution in [0.2, 0.25) is 0 Å². The van der Waals surface area contributed by atoms with Gasteiger partial charge in [-0.15, -0.1) is 0 Å². The van der Waals surface area contributed by atoms with E-state index in [9.17, 15) is 0 Å². The highest BCUT2D eigenvalue weighted by molar-refractivity contribution is 7.74. The molecule has 288 valence electrons. The summed E-state index contributed by atoms with van der Waals surface area (Å²) in [7, 11) is -1.48. The average Bonchev–Trinajstić information content (AvgIpc) is 3.97. The zero-order chi connectivity index (χ0) is 39.7. The van der Waals surface area contributed by atoms with E-state index in [4.69, 9.17) is 0 Å². The van der Waals surface area contributed by atoms with Gasteiger partial charge in [0, 0.05) is 10.3 Å². The highest BCUT2D eigenvalue weighted by Gasteiger charge is 2.52. The van der Waals surface area contributed by atoms with Crippen molar-refractivity contribution in [2.45, 2.75) is 36.0 Å². The quantitative estimate of drug-likeness (QED) is 0.147. The van der Waals surface area contributed by atoms with Crippen molar-refractivity contribution in [1.29, 1.82) is 0 Å². The molecule has 0 nitrogen and oxygen atoms in total. The normalized spacial score (nSPS) is 18.5. The molecule has 2 unspecified atom stereocenters. The van der Waals surface area contributed by atoms with Crippen LogP contribution in [0.15, 0.2) is 206 Å². The summed E-state index contributed by atoms with van der Waals surface area (Å²) in [6.07, 6.45) is 7.12. The summed E-state index contributed by atoms with van der Waals surface area (Å²) in [6, 6.07) is 79.9. The van der Waals surface area contributed by atoms with Crippen molar-refractivity contribution in [2.24, 2.45) is 0 Å². The fourth-order valence-electron chi connectivity index (χ4n) is 11.8. The Balaban J connectivity index is 1.20. The van der Waals surface area contributed by atoms with Crippen molar-refractivity contribution in [1.82, 2.24) is 0 Å². The number of hydrogen-bond donors (Lipinski definition) is 0. The number of hydrogen-bond acceptors (Lipinski definition) is 0. The molecule has 0 N–H and O–H groups in total. The second kappa shape index (κ2) is 14.5. The Hall–Kier alpha value is -5.64. The smallest absolute Gasteiger partial charge is 0.0455 e. The SMILES string of the molecule is c1ccc2c(C3(c4cccc5ccccc45)CCCP3c3ccc4ccccc4c3P3CCCC3(c3cccc4ccccc34)c3cccc4ccccc34)cccc2c1. The molecule has 10 aromatic rings. The minimum Gasteiger partial charge on any atom is -0.0616 e. The van der Waals surface area contributed by atoms with Gasteiger partial charge in [-0.2, -0.15) is 0 Å². The Morgan fingerprint density at radius 1 is 0.283 bits per heavy atom. The first-order valence-corrected chi connectivity index (χ1v) is 24.8. The maximum absolute atomic E-state index is 2.64. The van der Waals surface area contributed by atoms with E-state index in [0.29, 0.717) is 0 Å². The van der Waals surface area contributed by atoms with E-state index in [0.717, 1.165) is 12.8 Å². The van der Waals surface area contributed by atoms with E-state index < -0.39 is 15.8 Å². The molecule has 0 amide bonds. The molecular weight excluding hydrogens is 759 g/mol. The zero-order valence-electron chi connectivity index (χ0n) is 33.8. The molecule has 2 saturated heterocycles. The average molecular weight is 805 g/mol. The van der Waals surface area contributed by atoms with Gasteiger partial charge in [-0.1, -0.05) is 222 Å². The summed E-state index contributed by atoms with van der Waals surface area (Å²) in [4.78, 5) is 0. The lowest BCUT2D eigenvalue weighted by Crippen LogP contribution is -2.36. The van der Waals surface area contributed by atoms with Gasteiger partial charge < -0.3 is 0 Å². The third-order valence-electron chi connectivity index (χ3n) is 14.1. The van der Waals surface area contributed by atoms with Gasteiger partial charge in [0.15, 0.2) is 0 Å². The van der Waals surface area contributed by atoms with Gasteiger partial charge in [0.25, 0.3) is 0 Å². The molecule has 0 aromatic heterocycles. The van der Waals surface area contributed by atoms with Crippen LogP contribution in [0.5, 0.6) is 0 Å². The van der Waals surface area contributed by atoms with Crippen molar-refractivity contribution in [3.8, 4) is 0 Å². The Bertz CT molecular complexity index is 3090. The molecule has 0 spiro atoms. The first-order chi connectivity index (χ1) is 29.8. The van der Waals surface area contributed by atoms with Crippen molar-refractivity contribution in [2.75, 3.05) is 12.3 Å². The van der Waals surface area contributed by atoms with Crippen LogP contribution in [-0.2, 0) is 10.3 Å². The molecule has 0 aliphatic carbocycles. The Kier molecular flexibility index (Phi) is 8.77. The molecule has 2 aliphatic heterocycles. The standard InChI is InChI=1S/C58H46P2/c1-6-26-46-41(17-1)22-11-31-51(46)57(52-32-12-23-42-18-2-7-27-47(42)52)37-15-39-59(57)55-36-35-45-21-5-10-30-50(45)56(55)60-40-16-38-58(60,53-33-13-24-43-19-3-8-28-48(43)53)54-34-14-25-44-20-4-9-29-49(44)54/h1-14,17-36H,15-16,37-40H2. The number of fused-ring (bicyclic) bond motifs is 5. The summed E-state index contributed by atoms with van der Waals surface area (Å²) >= 11 is 0. The largest absolute Gasteiger partial charge is 0.0616 e. The summed E-state index contributed by atoms with van der Waals surface area (Å²) in [5, 5.41) is 16.7. The fourth-order valence-corrected chi connectivity index (χ4v) is 19.7. The Morgan fingerprint density at radius 2 is 0.600 bits per heavy atom. The monoisotopic (exact) mass is 804 g/mol. The van der Waals surface area contributed by atoms with Gasteiger partial charge in [0.05, 0.1) is 0 Å². The van der Waals surface area contributed by atoms with Crippen LogP contribution >= 0.6 is 15.8 Å². The van der Waals surface area contributed by atoms with E-state index in [1.807, 2.05) is 0 Å². The van der Waals surface area contributed by atoms with Crippen LogP contribution in [0.25, 0.3) is 53.9 Å². The molecule has 2 heterocycles. The highest BCUT2D eigenvalue weighted by atomic mass is 31.1. The number of rotatable bonds is 6. The minimum absolute atomic E-state index is 0.162. The maximum atomic E-state index is 2.64. The Morgan fingerprint density at radius 3 is 1.02 bits per heavy atom. The highest BCUT2D eigenvalue weighted by Crippen LogP contribution is 2.72. The van der Waals surface area contributed by atoms with Gasteiger partial charge in [-0.25, -0.2) is 0 Å². The van der Waals surface area contributed by atoms with Gasteiger partial charge >= 0.3 is 0 Å². The van der Waals surface area contributed by atoms with E-state index in [-0.39, 0.29) is 10.3 Å². The summed E-state index contributed by atoms with van der Waals surface area (Å²) < 4.78 is 0. The lowest BCUT2D eigenvalue weighted by Gasteiger charge is -2.44. The van der Waals surface area contributed by atoms with Gasteiger partial charge in [-0.3, -0.25) is 0 Å². The molecule has 12 rings (SSSR count). The lowest BCUT2D eigenvalue weighted by atomic mass is 9.82. The third-order valence-corrected chi connectivity index (χ3v) is 21.1. The van der Waals surface area contributed by atoms with E-state index in [2.05, 4.69) is 206 Å². The van der Waals surface area contributed by atoms with E-state index in [1.54, 1.807) is 10.6 Å². The molecule has 0 radical (unpaired) electrons. The van der Waals surface area contributed by atoms with Crippen LogP contribution in [0, 0.1) is 0 Å². The van der Waals surface area contributed by atoms with Crippen LogP contribution in [0.4, 0.5) is 0 Å². The summed E-state index contributed by atoms with van der Waals surface area (Å²) in [6.45, 7) is 0. The fraction of sp³-hybridized carbons (Fsp3) is 0.138. The second-order valence-electron chi connectivity index (χ2n) is 17.0. The van der Waals surface area contributed by atoms with Gasteiger partial charge in [0.1, 0.15) is 0 Å². The van der Waals surface area contributed by atoms with Crippen molar-refractivity contribution in [3.63, 3.8) is 0 Å². The van der Waals surface area contributed by atoms with E-state index in [1.165, 1.54) is 101 Å². The molecule has 60 heavy (non-hydrogen) atoms. The molecule has 2 atom stereocenters. The van der Waals surface area contributed by atoms with Crippen LogP contribution in [0.1, 0.15) is 47.9 Å². The molecular formula is C58H46P2. The van der Waals surface area contributed by atoms with Crippen molar-refractivity contribution < 1.29 is 0 Å². The first-order valence-electron chi connectivity index (χ1n) is 21.8. The molecule has 2 heteroatoms. The molecule has 0 bridgehead atoms. The third kappa shape index (κ3) is 5.37. The van der Waals surface area contributed by atoms with Crippen LogP contribution in [0.3, 0.4) is 0 Å². The Labute approximate surface area is 355 Å². The molecule has 0 saturated carbocycles. The van der Waals surface area contributed by atoms with Crippen LogP contribution < -0.4 is 10.6 Å². The summed E-state index contributed by atoms with van der Waals surface area (Å²) in [5.74, 6) is 0. The topological polar surface area (TPSA) is 0 Å². The summed E-state index contributed by atoms with van der Waals surface area (Å²) in [5.41, 5.74) is 6.03. The van der Waals surface area contributed by atoms with Gasteiger partial charge in [0.2, 0.25) is 0 Å². The van der Waals surface area contributed by atoms with E-state index >= 15 is 0 Å². The second-order valence-corrected chi connectivity index (χ2v) is 22.1. The first kappa shape index (κ1) is 36.2. The van der Waals surface area contributed by atoms with Gasteiger partial charge in [-0.05, 0) is 125 Å². The van der Waals surface area contributed by atoms with Crippen LogP contribution in [-0.4, -0.2) is 12.3 Å². The predicted molar refractivity (Wildman–Crippen MR) is 263 cm³/mol. The predicted octanol–water partition coefficient (Wildman–Crippen LogP) is 15.1. The lowest BCUT2D eigenvalue weighted by molar-refractivity contribution is 0.690. The minimum atomic E-state index is -0.756.